The van der Waals surface area contributed by atoms with E-state index in [-0.39, 0.29) is 24.0 Å². The largest absolute Gasteiger partial charge is 0.493 e. The van der Waals surface area contributed by atoms with Crippen LogP contribution in [-0.2, 0) is 13.2 Å². The van der Waals surface area contributed by atoms with Gasteiger partial charge in [-0.2, -0.15) is 0 Å². The maximum absolute atomic E-state index is 5.89. The Balaban J connectivity index is 0.00000338. The van der Waals surface area contributed by atoms with E-state index in [0.717, 1.165) is 41.6 Å². The molecule has 2 aromatic carbocycles. The van der Waals surface area contributed by atoms with Crippen LogP contribution in [0.4, 0.5) is 0 Å². The van der Waals surface area contributed by atoms with Crippen LogP contribution in [0.2, 0.25) is 0 Å². The van der Waals surface area contributed by atoms with E-state index in [4.69, 9.17) is 9.47 Å². The fourth-order valence-corrected chi connectivity index (χ4v) is 2.33. The van der Waals surface area contributed by atoms with Crippen molar-refractivity contribution in [2.24, 2.45) is 4.99 Å². The molecule has 2 rings (SSSR count). The number of nitrogens with zero attached hydrogens (tertiary/aromatic N) is 1. The van der Waals surface area contributed by atoms with Crippen LogP contribution in [0.3, 0.4) is 0 Å². The van der Waals surface area contributed by atoms with Gasteiger partial charge in [0.25, 0.3) is 0 Å². The molecule has 0 aliphatic carbocycles. The molecule has 0 atom stereocenters. The second-order valence-electron chi connectivity index (χ2n) is 5.61. The van der Waals surface area contributed by atoms with Gasteiger partial charge in [0.05, 0.1) is 7.11 Å². The van der Waals surface area contributed by atoms with Gasteiger partial charge in [0.2, 0.25) is 0 Å². The summed E-state index contributed by atoms with van der Waals surface area (Å²) in [5.41, 5.74) is 2.23. The maximum atomic E-state index is 5.89. The summed E-state index contributed by atoms with van der Waals surface area (Å²) in [6.45, 7) is 4.20. The summed E-state index contributed by atoms with van der Waals surface area (Å²) in [5.74, 6) is 2.26. The van der Waals surface area contributed by atoms with Crippen molar-refractivity contribution in [3.05, 3.63) is 59.7 Å². The van der Waals surface area contributed by atoms with Gasteiger partial charge < -0.3 is 20.1 Å². The molecule has 6 heteroatoms. The van der Waals surface area contributed by atoms with E-state index in [9.17, 15) is 0 Å². The summed E-state index contributed by atoms with van der Waals surface area (Å²) in [6, 6.07) is 16.0. The van der Waals surface area contributed by atoms with Crippen molar-refractivity contribution in [1.29, 1.82) is 0 Å². The first-order chi connectivity index (χ1) is 12.3. The minimum absolute atomic E-state index is 0. The molecule has 2 N–H and O–H groups in total. The fourth-order valence-electron chi connectivity index (χ4n) is 2.33. The smallest absolute Gasteiger partial charge is 0.191 e. The molecule has 26 heavy (non-hydrogen) atoms. The number of guanidine groups is 1. The zero-order chi connectivity index (χ0) is 17.9. The van der Waals surface area contributed by atoms with Gasteiger partial charge in [-0.05, 0) is 29.7 Å². The topological polar surface area (TPSA) is 54.9 Å². The van der Waals surface area contributed by atoms with Crippen LogP contribution < -0.4 is 20.1 Å². The zero-order valence-electron chi connectivity index (χ0n) is 15.6. The molecule has 0 radical (unpaired) electrons. The Kier molecular flexibility index (Phi) is 10.5. The average molecular weight is 469 g/mol. The van der Waals surface area contributed by atoms with E-state index >= 15 is 0 Å². The summed E-state index contributed by atoms with van der Waals surface area (Å²) in [4.78, 5) is 4.20. The van der Waals surface area contributed by atoms with Gasteiger partial charge in [0.1, 0.15) is 6.61 Å². The fraction of sp³-hybridized carbons (Fsp3) is 0.350. The summed E-state index contributed by atoms with van der Waals surface area (Å²) in [6.07, 6.45) is 1.06. The summed E-state index contributed by atoms with van der Waals surface area (Å²) >= 11 is 0. The monoisotopic (exact) mass is 469 g/mol. The standard InChI is InChI=1S/C20H27N3O2.HI/c1-4-12-22-20(21-2)23-14-17-10-11-18(19(13-17)24-3)25-15-16-8-6-5-7-9-16;/h5-11,13H,4,12,14-15H2,1-3H3,(H2,21,22,23);1H. The molecule has 0 fully saturated rings. The Morgan fingerprint density at radius 2 is 1.77 bits per heavy atom. The molecule has 0 aliphatic heterocycles. The lowest BCUT2D eigenvalue weighted by Crippen LogP contribution is -2.37. The number of ether oxygens (including phenoxy) is 2. The highest BCUT2D eigenvalue weighted by atomic mass is 127. The SMILES string of the molecule is CCCNC(=NC)NCc1ccc(OCc2ccccc2)c(OC)c1.I. The van der Waals surface area contributed by atoms with E-state index in [1.165, 1.54) is 0 Å². The number of nitrogens with one attached hydrogen (secondary N) is 2. The molecule has 0 bridgehead atoms. The average Bonchev–Trinajstić information content (AvgIpc) is 2.67. The minimum Gasteiger partial charge on any atom is -0.493 e. The number of methoxy groups -OCH3 is 1. The highest BCUT2D eigenvalue weighted by molar-refractivity contribution is 14.0. The van der Waals surface area contributed by atoms with Crippen molar-refractivity contribution in [3.8, 4) is 11.5 Å². The molecular weight excluding hydrogens is 441 g/mol. The molecule has 0 aromatic heterocycles. The molecular formula is C20H28IN3O2. The van der Waals surface area contributed by atoms with Crippen molar-refractivity contribution in [3.63, 3.8) is 0 Å². The van der Waals surface area contributed by atoms with E-state index in [2.05, 4.69) is 22.5 Å². The lowest BCUT2D eigenvalue weighted by Gasteiger charge is -2.14. The molecule has 2 aromatic rings. The maximum Gasteiger partial charge on any atom is 0.191 e. The normalized spacial score (nSPS) is 10.7. The Bertz CT molecular complexity index is 678. The summed E-state index contributed by atoms with van der Waals surface area (Å²) in [7, 11) is 3.43. The van der Waals surface area contributed by atoms with E-state index < -0.39 is 0 Å². The predicted molar refractivity (Wildman–Crippen MR) is 118 cm³/mol. The van der Waals surface area contributed by atoms with Gasteiger partial charge in [0.15, 0.2) is 17.5 Å². The third kappa shape index (κ3) is 7.11. The second-order valence-corrected chi connectivity index (χ2v) is 5.61. The molecule has 142 valence electrons. The van der Waals surface area contributed by atoms with Crippen molar-refractivity contribution in [2.45, 2.75) is 26.5 Å². The number of benzene rings is 2. The predicted octanol–water partition coefficient (Wildman–Crippen LogP) is 3.97. The minimum atomic E-state index is 0. The summed E-state index contributed by atoms with van der Waals surface area (Å²) < 4.78 is 11.4. The third-order valence-corrected chi connectivity index (χ3v) is 3.69. The van der Waals surface area contributed by atoms with Crippen molar-refractivity contribution < 1.29 is 9.47 Å². The molecule has 0 aliphatic rings. The quantitative estimate of drug-likeness (QED) is 0.349. The first-order valence-corrected chi connectivity index (χ1v) is 8.55. The van der Waals surface area contributed by atoms with Crippen molar-refractivity contribution in [1.82, 2.24) is 10.6 Å². The van der Waals surface area contributed by atoms with Gasteiger partial charge in [0, 0.05) is 20.1 Å². The van der Waals surface area contributed by atoms with Gasteiger partial charge in [-0.15, -0.1) is 24.0 Å². The third-order valence-electron chi connectivity index (χ3n) is 3.69. The highest BCUT2D eigenvalue weighted by Crippen LogP contribution is 2.28. The zero-order valence-corrected chi connectivity index (χ0v) is 17.9. The molecule has 0 spiro atoms. The Morgan fingerprint density at radius 1 is 1.00 bits per heavy atom. The van der Waals surface area contributed by atoms with E-state index in [1.807, 2.05) is 48.5 Å². The Morgan fingerprint density at radius 3 is 2.42 bits per heavy atom. The Labute approximate surface area is 173 Å². The van der Waals surface area contributed by atoms with Crippen LogP contribution in [0.15, 0.2) is 53.5 Å². The van der Waals surface area contributed by atoms with Crippen LogP contribution in [0, 0.1) is 0 Å². The van der Waals surface area contributed by atoms with Gasteiger partial charge >= 0.3 is 0 Å². The van der Waals surface area contributed by atoms with Crippen molar-refractivity contribution >= 4 is 29.9 Å². The first-order valence-electron chi connectivity index (χ1n) is 8.55. The lowest BCUT2D eigenvalue weighted by molar-refractivity contribution is 0.284. The van der Waals surface area contributed by atoms with Gasteiger partial charge in [-0.25, -0.2) is 0 Å². The van der Waals surface area contributed by atoms with Crippen LogP contribution >= 0.6 is 24.0 Å². The van der Waals surface area contributed by atoms with Crippen LogP contribution in [0.5, 0.6) is 11.5 Å². The lowest BCUT2D eigenvalue weighted by atomic mass is 10.2. The number of hydrogen-bond donors (Lipinski definition) is 2. The number of hydrogen-bond acceptors (Lipinski definition) is 3. The van der Waals surface area contributed by atoms with Gasteiger partial charge in [-0.3, -0.25) is 4.99 Å². The van der Waals surface area contributed by atoms with E-state index in [0.29, 0.717) is 13.2 Å². The molecule has 0 unspecified atom stereocenters. The first kappa shape index (κ1) is 22.1. The van der Waals surface area contributed by atoms with E-state index in [1.54, 1.807) is 14.2 Å². The number of rotatable bonds is 8. The summed E-state index contributed by atoms with van der Waals surface area (Å²) in [5, 5.41) is 6.54. The van der Waals surface area contributed by atoms with Crippen LogP contribution in [0.25, 0.3) is 0 Å². The highest BCUT2D eigenvalue weighted by Gasteiger charge is 2.07. The van der Waals surface area contributed by atoms with Crippen LogP contribution in [-0.4, -0.2) is 26.7 Å². The molecule has 0 saturated heterocycles. The molecule has 0 heterocycles. The van der Waals surface area contributed by atoms with Crippen molar-refractivity contribution in [2.75, 3.05) is 20.7 Å². The molecule has 0 saturated carbocycles. The molecule has 5 nitrogen and oxygen atoms in total. The number of halogens is 1. The number of aliphatic imine (C=N–C) groups is 1. The second kappa shape index (κ2) is 12.4. The Hall–Kier alpha value is -1.96. The molecule has 0 amide bonds. The van der Waals surface area contributed by atoms with Gasteiger partial charge in [-0.1, -0.05) is 43.3 Å². The van der Waals surface area contributed by atoms with Crippen LogP contribution in [0.1, 0.15) is 24.5 Å².